The highest BCUT2D eigenvalue weighted by molar-refractivity contribution is 4.88. The highest BCUT2D eigenvalue weighted by Gasteiger charge is 2.29. The molecule has 20 heavy (non-hydrogen) atoms. The van der Waals surface area contributed by atoms with Gasteiger partial charge >= 0.3 is 0 Å². The molecule has 7 N–H and O–H groups in total. The van der Waals surface area contributed by atoms with Gasteiger partial charge < -0.3 is 40.9 Å². The molecule has 0 saturated heterocycles. The van der Waals surface area contributed by atoms with Crippen molar-refractivity contribution in [1.82, 2.24) is 10.6 Å². The average molecular weight is 296 g/mol. The molecule has 0 radical (unpaired) electrons. The van der Waals surface area contributed by atoms with Crippen LogP contribution < -0.4 is 10.6 Å². The summed E-state index contributed by atoms with van der Waals surface area (Å²) in [6, 6.07) is 0. The first kappa shape index (κ1) is 19.7. The second-order valence-electron chi connectivity index (χ2n) is 4.99. The Kier molecular flexibility index (Phi) is 10.2. The van der Waals surface area contributed by atoms with Gasteiger partial charge in [-0.05, 0) is 19.5 Å². The minimum absolute atomic E-state index is 0.182. The molecular weight excluding hydrogens is 268 g/mol. The van der Waals surface area contributed by atoms with E-state index >= 15 is 0 Å². The van der Waals surface area contributed by atoms with Crippen LogP contribution in [0.1, 0.15) is 6.42 Å². The van der Waals surface area contributed by atoms with Crippen molar-refractivity contribution >= 4 is 0 Å². The molecule has 0 heterocycles. The lowest BCUT2D eigenvalue weighted by Gasteiger charge is -2.31. The molecule has 122 valence electrons. The van der Waals surface area contributed by atoms with Gasteiger partial charge in [-0.2, -0.15) is 0 Å². The van der Waals surface area contributed by atoms with E-state index in [4.69, 9.17) is 20.1 Å². The van der Waals surface area contributed by atoms with Gasteiger partial charge in [-0.3, -0.25) is 0 Å². The zero-order chi connectivity index (χ0) is 15.5. The highest BCUT2D eigenvalue weighted by Crippen LogP contribution is 2.04. The molecule has 0 aliphatic heterocycles. The molecule has 0 atom stereocenters. The van der Waals surface area contributed by atoms with E-state index in [1.165, 1.54) is 7.11 Å². The van der Waals surface area contributed by atoms with Crippen LogP contribution in [0.2, 0.25) is 0 Å². The molecule has 0 aromatic rings. The maximum atomic E-state index is 9.29. The normalized spacial score (nSPS) is 12.9. The fraction of sp³-hybridized carbons (Fsp3) is 1.00. The van der Waals surface area contributed by atoms with Crippen molar-refractivity contribution in [2.45, 2.75) is 17.5 Å². The van der Waals surface area contributed by atoms with Gasteiger partial charge in [0.25, 0.3) is 0 Å². The van der Waals surface area contributed by atoms with Gasteiger partial charge in [-0.15, -0.1) is 0 Å². The van der Waals surface area contributed by atoms with Crippen molar-refractivity contribution in [2.24, 2.45) is 0 Å². The van der Waals surface area contributed by atoms with Crippen molar-refractivity contribution in [3.63, 3.8) is 0 Å². The quantitative estimate of drug-likeness (QED) is 0.175. The molecule has 0 aliphatic rings. The molecule has 0 spiro atoms. The standard InChI is InChI=1S/C12H28N2O6/c1-20-10-12(8-18,9-19)14-4-2-3-13-11(5-15,6-16)7-17/h13-19H,2-10H2,1H3. The van der Waals surface area contributed by atoms with Crippen LogP contribution in [0.3, 0.4) is 0 Å². The van der Waals surface area contributed by atoms with Crippen molar-refractivity contribution < 1.29 is 30.3 Å². The molecule has 0 saturated carbocycles. The Balaban J connectivity index is 4.06. The number of hydrogen-bond acceptors (Lipinski definition) is 8. The number of ether oxygens (including phenoxy) is 1. The molecule has 0 rings (SSSR count). The summed E-state index contributed by atoms with van der Waals surface area (Å²) in [5.74, 6) is 0. The van der Waals surface area contributed by atoms with E-state index in [1.54, 1.807) is 0 Å². The summed E-state index contributed by atoms with van der Waals surface area (Å²) in [5.41, 5.74) is -1.96. The monoisotopic (exact) mass is 296 g/mol. The number of rotatable bonds is 13. The summed E-state index contributed by atoms with van der Waals surface area (Å²) < 4.78 is 4.96. The Morgan fingerprint density at radius 2 is 1.15 bits per heavy atom. The topological polar surface area (TPSA) is 134 Å². The van der Waals surface area contributed by atoms with Crippen LogP contribution in [0, 0.1) is 0 Å². The van der Waals surface area contributed by atoms with Gasteiger partial charge in [0.15, 0.2) is 0 Å². The van der Waals surface area contributed by atoms with Crippen molar-refractivity contribution in [3.8, 4) is 0 Å². The summed E-state index contributed by atoms with van der Waals surface area (Å²) in [5, 5.41) is 51.9. The lowest BCUT2D eigenvalue weighted by atomic mass is 10.0. The fourth-order valence-corrected chi connectivity index (χ4v) is 1.69. The van der Waals surface area contributed by atoms with Gasteiger partial charge in [-0.1, -0.05) is 0 Å². The largest absolute Gasteiger partial charge is 0.394 e. The molecule has 0 aliphatic carbocycles. The minimum Gasteiger partial charge on any atom is -0.394 e. The number of nitrogens with one attached hydrogen (secondary N) is 2. The number of hydrogen-bond donors (Lipinski definition) is 7. The number of aliphatic hydroxyl groups excluding tert-OH is 5. The third kappa shape index (κ3) is 5.98. The van der Waals surface area contributed by atoms with Crippen LogP contribution >= 0.6 is 0 Å². The van der Waals surface area contributed by atoms with Gasteiger partial charge in [0.2, 0.25) is 0 Å². The van der Waals surface area contributed by atoms with Crippen LogP contribution in [0.5, 0.6) is 0 Å². The van der Waals surface area contributed by atoms with Crippen molar-refractivity contribution in [1.29, 1.82) is 0 Å². The third-order valence-electron chi connectivity index (χ3n) is 3.29. The smallest absolute Gasteiger partial charge is 0.0884 e. The Bertz CT molecular complexity index is 226. The third-order valence-corrected chi connectivity index (χ3v) is 3.29. The van der Waals surface area contributed by atoms with E-state index in [2.05, 4.69) is 10.6 Å². The summed E-state index contributed by atoms with van der Waals surface area (Å²) >= 11 is 0. The predicted octanol–water partition coefficient (Wildman–Crippen LogP) is -3.36. The Labute approximate surface area is 119 Å². The second kappa shape index (κ2) is 10.4. The first-order valence-electron chi connectivity index (χ1n) is 6.61. The molecule has 0 aromatic heterocycles. The fourth-order valence-electron chi connectivity index (χ4n) is 1.69. The van der Waals surface area contributed by atoms with Crippen molar-refractivity contribution in [3.05, 3.63) is 0 Å². The van der Waals surface area contributed by atoms with E-state index in [0.717, 1.165) is 0 Å². The molecule has 0 unspecified atom stereocenters. The molecule has 0 aromatic carbocycles. The zero-order valence-corrected chi connectivity index (χ0v) is 12.0. The lowest BCUT2D eigenvalue weighted by Crippen LogP contribution is -2.57. The van der Waals surface area contributed by atoms with Crippen LogP contribution in [0.4, 0.5) is 0 Å². The van der Waals surface area contributed by atoms with E-state index in [-0.39, 0.29) is 39.6 Å². The van der Waals surface area contributed by atoms with Gasteiger partial charge in [-0.25, -0.2) is 0 Å². The van der Waals surface area contributed by atoms with Gasteiger partial charge in [0.05, 0.1) is 50.7 Å². The molecular formula is C12H28N2O6. The van der Waals surface area contributed by atoms with Crippen LogP contribution in [-0.2, 0) is 4.74 Å². The molecule has 0 bridgehead atoms. The maximum absolute atomic E-state index is 9.29. The Morgan fingerprint density at radius 3 is 1.50 bits per heavy atom. The molecule has 8 heteroatoms. The first-order valence-corrected chi connectivity index (χ1v) is 6.61. The Morgan fingerprint density at radius 1 is 0.750 bits per heavy atom. The van der Waals surface area contributed by atoms with Crippen LogP contribution in [0.25, 0.3) is 0 Å². The minimum atomic E-state index is -1.09. The summed E-state index contributed by atoms with van der Waals surface area (Å²) in [6.45, 7) is -0.472. The number of aliphatic hydroxyl groups is 5. The van der Waals surface area contributed by atoms with E-state index in [1.807, 2.05) is 0 Å². The average Bonchev–Trinajstić information content (AvgIpc) is 2.50. The van der Waals surface area contributed by atoms with Gasteiger partial charge in [0, 0.05) is 7.11 Å². The highest BCUT2D eigenvalue weighted by atomic mass is 16.5. The second-order valence-corrected chi connectivity index (χ2v) is 4.99. The van der Waals surface area contributed by atoms with Crippen LogP contribution in [-0.4, -0.2) is 96.5 Å². The van der Waals surface area contributed by atoms with E-state index < -0.39 is 11.1 Å². The molecule has 8 nitrogen and oxygen atoms in total. The predicted molar refractivity (Wildman–Crippen MR) is 73.4 cm³/mol. The van der Waals surface area contributed by atoms with Crippen LogP contribution in [0.15, 0.2) is 0 Å². The van der Waals surface area contributed by atoms with E-state index in [0.29, 0.717) is 19.5 Å². The summed E-state index contributed by atoms with van der Waals surface area (Å²) in [4.78, 5) is 0. The maximum Gasteiger partial charge on any atom is 0.0884 e. The van der Waals surface area contributed by atoms with Crippen molar-refractivity contribution in [2.75, 3.05) is 59.8 Å². The Hall–Kier alpha value is -0.320. The summed E-state index contributed by atoms with van der Waals surface area (Å²) in [6.07, 6.45) is 0.618. The summed E-state index contributed by atoms with van der Waals surface area (Å²) in [7, 11) is 1.49. The van der Waals surface area contributed by atoms with E-state index in [9.17, 15) is 10.2 Å². The number of methoxy groups -OCH3 is 1. The molecule has 0 fully saturated rings. The van der Waals surface area contributed by atoms with Gasteiger partial charge in [0.1, 0.15) is 0 Å². The first-order chi connectivity index (χ1) is 9.57. The molecule has 0 amide bonds. The SMILES string of the molecule is COCC(CO)(CO)NCCCNC(CO)(CO)CO. The lowest BCUT2D eigenvalue weighted by molar-refractivity contribution is 0.0224. The zero-order valence-electron chi connectivity index (χ0n) is 12.0.